The summed E-state index contributed by atoms with van der Waals surface area (Å²) in [5.41, 5.74) is 3.33. The Morgan fingerprint density at radius 3 is 2.15 bits per heavy atom. The average Bonchev–Trinajstić information content (AvgIpc) is 2.55. The number of hydrogen-bond donors (Lipinski definition) is 0. The molecule has 2 nitrogen and oxygen atoms in total. The maximum Gasteiger partial charge on any atom is 0.325 e. The highest BCUT2D eigenvalue weighted by atomic mass is 79.9. The zero-order valence-electron chi connectivity index (χ0n) is 10.5. The normalized spacial score (nSPS) is 20.8. The van der Waals surface area contributed by atoms with Gasteiger partial charge in [0, 0.05) is 4.83 Å². The van der Waals surface area contributed by atoms with Crippen molar-refractivity contribution in [3.05, 3.63) is 59.7 Å². The smallest absolute Gasteiger partial charge is 0.267 e. The first-order chi connectivity index (χ1) is 9.61. The standard InChI is InChI=1S/C15H10BBrClNO/c16-13-9-5-1-3-7-11(9)19(15(18)20)12-8-4-2-6-10(12)14(13)17/h1-8,13-14H. The van der Waals surface area contributed by atoms with Gasteiger partial charge >= 0.3 is 5.37 Å². The molecule has 0 spiro atoms. The summed E-state index contributed by atoms with van der Waals surface area (Å²) in [6.07, 6.45) is 0. The van der Waals surface area contributed by atoms with Crippen LogP contribution in [0.4, 0.5) is 16.2 Å². The number of carbonyl (C=O) groups excluding carboxylic acids is 1. The van der Waals surface area contributed by atoms with Crippen molar-refractivity contribution >= 4 is 52.1 Å². The van der Waals surface area contributed by atoms with Crippen molar-refractivity contribution in [3.8, 4) is 0 Å². The van der Waals surface area contributed by atoms with Crippen LogP contribution in [0.1, 0.15) is 21.8 Å². The molecule has 5 heteroatoms. The van der Waals surface area contributed by atoms with Gasteiger partial charge in [0.15, 0.2) is 0 Å². The first kappa shape index (κ1) is 13.7. The molecule has 1 aliphatic heterocycles. The number of para-hydroxylation sites is 2. The Morgan fingerprint density at radius 2 is 1.55 bits per heavy atom. The highest BCUT2D eigenvalue weighted by Gasteiger charge is 2.32. The Labute approximate surface area is 132 Å². The van der Waals surface area contributed by atoms with E-state index in [1.807, 2.05) is 48.5 Å². The average molecular weight is 346 g/mol. The van der Waals surface area contributed by atoms with E-state index in [1.165, 1.54) is 4.90 Å². The number of nitrogens with zero attached hydrogens (tertiary/aromatic N) is 1. The summed E-state index contributed by atoms with van der Waals surface area (Å²) >= 11 is 9.45. The molecule has 2 radical (unpaired) electrons. The third-order valence-electron chi connectivity index (χ3n) is 3.50. The molecule has 1 amide bonds. The minimum atomic E-state index is -0.543. The van der Waals surface area contributed by atoms with E-state index < -0.39 is 5.37 Å². The minimum absolute atomic E-state index is 0.0825. The largest absolute Gasteiger partial charge is 0.325 e. The van der Waals surface area contributed by atoms with Gasteiger partial charge in [0.2, 0.25) is 0 Å². The molecular formula is C15H10BBrClNO. The van der Waals surface area contributed by atoms with Crippen LogP contribution in [0.25, 0.3) is 0 Å². The summed E-state index contributed by atoms with van der Waals surface area (Å²) in [5, 5.41) is -0.543. The predicted octanol–water partition coefficient (Wildman–Crippen LogP) is 4.84. The quantitative estimate of drug-likeness (QED) is 0.289. The molecule has 0 saturated heterocycles. The maximum absolute atomic E-state index is 11.9. The van der Waals surface area contributed by atoms with E-state index in [0.717, 1.165) is 22.5 Å². The second kappa shape index (κ2) is 5.26. The molecular weight excluding hydrogens is 336 g/mol. The number of carbonyl (C=O) groups is 1. The molecule has 0 aliphatic carbocycles. The van der Waals surface area contributed by atoms with E-state index in [9.17, 15) is 4.79 Å². The van der Waals surface area contributed by atoms with Crippen LogP contribution in [0, 0.1) is 0 Å². The summed E-state index contributed by atoms with van der Waals surface area (Å²) in [6.45, 7) is 0. The molecule has 2 unspecified atom stereocenters. The number of alkyl halides is 1. The van der Waals surface area contributed by atoms with E-state index >= 15 is 0 Å². The van der Waals surface area contributed by atoms with E-state index in [4.69, 9.17) is 19.4 Å². The minimum Gasteiger partial charge on any atom is -0.267 e. The fourth-order valence-corrected chi connectivity index (χ4v) is 3.42. The van der Waals surface area contributed by atoms with Crippen molar-refractivity contribution in [1.82, 2.24) is 0 Å². The zero-order chi connectivity index (χ0) is 14.3. The predicted molar refractivity (Wildman–Crippen MR) is 86.4 cm³/mol. The molecule has 1 aliphatic rings. The molecule has 0 aromatic heterocycles. The van der Waals surface area contributed by atoms with E-state index in [2.05, 4.69) is 15.9 Å². The van der Waals surface area contributed by atoms with Crippen molar-refractivity contribution < 1.29 is 4.79 Å². The van der Waals surface area contributed by atoms with Gasteiger partial charge in [-0.2, -0.15) is 0 Å². The van der Waals surface area contributed by atoms with Gasteiger partial charge in [-0.05, 0) is 40.7 Å². The molecule has 2 aromatic rings. The molecule has 1 heterocycles. The van der Waals surface area contributed by atoms with Gasteiger partial charge in [0.05, 0.1) is 19.2 Å². The van der Waals surface area contributed by atoms with Crippen LogP contribution in [-0.2, 0) is 0 Å². The first-order valence-corrected chi connectivity index (χ1v) is 7.47. The molecule has 98 valence electrons. The summed E-state index contributed by atoms with van der Waals surface area (Å²) in [7, 11) is 6.34. The van der Waals surface area contributed by atoms with E-state index in [1.54, 1.807) is 0 Å². The summed E-state index contributed by atoms with van der Waals surface area (Å²) in [4.78, 5) is 13.4. The fourth-order valence-electron chi connectivity index (χ4n) is 2.57. The fraction of sp³-hybridized carbons (Fsp3) is 0.133. The lowest BCUT2D eigenvalue weighted by molar-refractivity contribution is 0.266. The number of amides is 1. The second-order valence-electron chi connectivity index (χ2n) is 4.63. The Hall–Kier alpha value is -1.26. The molecule has 0 fully saturated rings. The third-order valence-corrected chi connectivity index (χ3v) is 4.73. The van der Waals surface area contributed by atoms with Crippen LogP contribution < -0.4 is 4.90 Å². The van der Waals surface area contributed by atoms with Crippen molar-refractivity contribution in [3.63, 3.8) is 0 Å². The molecule has 2 atom stereocenters. The van der Waals surface area contributed by atoms with Gasteiger partial charge in [-0.1, -0.05) is 52.3 Å². The first-order valence-electron chi connectivity index (χ1n) is 6.18. The Bertz CT molecular complexity index is 627. The van der Waals surface area contributed by atoms with Gasteiger partial charge in [-0.25, -0.2) is 0 Å². The van der Waals surface area contributed by atoms with Crippen LogP contribution in [-0.4, -0.2) is 13.2 Å². The van der Waals surface area contributed by atoms with Gasteiger partial charge < -0.3 is 0 Å². The third kappa shape index (κ3) is 2.07. The number of hydrogen-bond acceptors (Lipinski definition) is 1. The number of halogens is 2. The number of benzene rings is 2. The number of fused-ring (bicyclic) bond motifs is 2. The van der Waals surface area contributed by atoms with Crippen molar-refractivity contribution in [2.45, 2.75) is 10.6 Å². The van der Waals surface area contributed by atoms with Crippen LogP contribution in [0.15, 0.2) is 48.5 Å². The van der Waals surface area contributed by atoms with E-state index in [0.29, 0.717) is 0 Å². The highest BCUT2D eigenvalue weighted by molar-refractivity contribution is 9.09. The van der Waals surface area contributed by atoms with Crippen LogP contribution in [0.3, 0.4) is 0 Å². The van der Waals surface area contributed by atoms with Crippen LogP contribution in [0.5, 0.6) is 0 Å². The lowest BCUT2D eigenvalue weighted by atomic mass is 9.76. The summed E-state index contributed by atoms with van der Waals surface area (Å²) in [6, 6.07) is 15.2. The topological polar surface area (TPSA) is 20.3 Å². The Kier molecular flexibility index (Phi) is 3.61. The molecule has 0 N–H and O–H groups in total. The lowest BCUT2D eigenvalue weighted by Gasteiger charge is -2.22. The lowest BCUT2D eigenvalue weighted by Crippen LogP contribution is -2.20. The van der Waals surface area contributed by atoms with Crippen molar-refractivity contribution in [1.29, 1.82) is 0 Å². The SMILES string of the molecule is [B]C1c2ccccc2N(C(=O)Cl)c2ccccc2C1Br. The monoisotopic (exact) mass is 345 g/mol. The Balaban J connectivity index is 2.33. The van der Waals surface area contributed by atoms with Gasteiger partial charge in [0.1, 0.15) is 0 Å². The number of rotatable bonds is 0. The molecule has 0 saturated carbocycles. The van der Waals surface area contributed by atoms with Crippen LogP contribution in [0.2, 0.25) is 0 Å². The highest BCUT2D eigenvalue weighted by Crippen LogP contribution is 2.48. The van der Waals surface area contributed by atoms with Gasteiger partial charge in [-0.3, -0.25) is 9.69 Å². The summed E-state index contributed by atoms with van der Waals surface area (Å²) < 4.78 is 0. The Morgan fingerprint density at radius 1 is 1.05 bits per heavy atom. The van der Waals surface area contributed by atoms with Gasteiger partial charge in [0.25, 0.3) is 0 Å². The zero-order valence-corrected chi connectivity index (χ0v) is 12.8. The van der Waals surface area contributed by atoms with Crippen molar-refractivity contribution in [2.75, 3.05) is 4.90 Å². The summed E-state index contributed by atoms with van der Waals surface area (Å²) in [5.74, 6) is -0.256. The molecule has 0 bridgehead atoms. The molecule has 2 aromatic carbocycles. The maximum atomic E-state index is 11.9. The molecule has 20 heavy (non-hydrogen) atoms. The van der Waals surface area contributed by atoms with E-state index in [-0.39, 0.29) is 10.6 Å². The van der Waals surface area contributed by atoms with Gasteiger partial charge in [-0.15, -0.1) is 0 Å². The van der Waals surface area contributed by atoms with Crippen molar-refractivity contribution in [2.24, 2.45) is 0 Å². The number of anilines is 2. The molecule has 3 rings (SSSR count). The van der Waals surface area contributed by atoms with Crippen LogP contribution >= 0.6 is 27.5 Å². The second-order valence-corrected chi connectivity index (χ2v) is 5.94.